The first-order valence-corrected chi connectivity index (χ1v) is 14.2. The Hall–Kier alpha value is -4.33. The highest BCUT2D eigenvalue weighted by Crippen LogP contribution is 2.24. The zero-order valence-corrected chi connectivity index (χ0v) is 22.9. The van der Waals surface area contributed by atoms with Crippen LogP contribution in [0.1, 0.15) is 70.4 Å². The molecule has 7 nitrogen and oxygen atoms in total. The van der Waals surface area contributed by atoms with Crippen LogP contribution in [0, 0.1) is 5.82 Å². The van der Waals surface area contributed by atoms with Crippen LogP contribution in [0.3, 0.4) is 0 Å². The standard InChI is InChI=1S/C33H34FN3O4/c34-28-18-9-4-13-24(28)22-37(29(21-23-11-2-1-3-12-23)31(39)35-25-14-5-6-15-25)30(38)19-10-20-36-32(40)26-16-7-8-17-27(26)33(36)41/h1-4,7-9,11-13,16-18,25,29H,5-6,10,14-15,19-22H2,(H,35,39)/t29-/m0/s1. The molecule has 1 aliphatic heterocycles. The lowest BCUT2D eigenvalue weighted by Crippen LogP contribution is -2.52. The molecule has 212 valence electrons. The van der Waals surface area contributed by atoms with Gasteiger partial charge in [-0.3, -0.25) is 24.1 Å². The van der Waals surface area contributed by atoms with Gasteiger partial charge in [-0.15, -0.1) is 0 Å². The SMILES string of the molecule is O=C(NC1CCCC1)[C@H](Cc1ccccc1)N(Cc1ccccc1F)C(=O)CCCN1C(=O)c2ccccc2C1=O. The van der Waals surface area contributed by atoms with E-state index < -0.39 is 11.9 Å². The molecular formula is C33H34FN3O4. The number of nitrogens with zero attached hydrogens (tertiary/aromatic N) is 2. The van der Waals surface area contributed by atoms with Crippen molar-refractivity contribution in [3.05, 3.63) is 107 Å². The Labute approximate surface area is 239 Å². The molecule has 4 amide bonds. The summed E-state index contributed by atoms with van der Waals surface area (Å²) in [6.07, 6.45) is 4.37. The van der Waals surface area contributed by atoms with Crippen LogP contribution in [-0.2, 0) is 22.6 Å². The van der Waals surface area contributed by atoms with Crippen LogP contribution in [0.25, 0.3) is 0 Å². The van der Waals surface area contributed by atoms with E-state index in [1.165, 1.54) is 11.0 Å². The molecule has 0 radical (unpaired) electrons. The molecule has 1 saturated carbocycles. The van der Waals surface area contributed by atoms with E-state index >= 15 is 0 Å². The topological polar surface area (TPSA) is 86.8 Å². The molecule has 0 bridgehead atoms. The Kier molecular flexibility index (Phi) is 8.87. The molecule has 41 heavy (non-hydrogen) atoms. The van der Waals surface area contributed by atoms with Gasteiger partial charge in [-0.1, -0.05) is 73.5 Å². The van der Waals surface area contributed by atoms with Crippen molar-refractivity contribution in [2.45, 2.75) is 63.6 Å². The van der Waals surface area contributed by atoms with Crippen molar-refractivity contribution in [2.75, 3.05) is 6.54 Å². The minimum absolute atomic E-state index is 0.0101. The minimum Gasteiger partial charge on any atom is -0.352 e. The van der Waals surface area contributed by atoms with Gasteiger partial charge in [0.2, 0.25) is 11.8 Å². The van der Waals surface area contributed by atoms with Gasteiger partial charge in [-0.25, -0.2) is 4.39 Å². The second-order valence-corrected chi connectivity index (χ2v) is 10.7. The van der Waals surface area contributed by atoms with Crippen LogP contribution in [0.15, 0.2) is 78.9 Å². The molecule has 1 N–H and O–H groups in total. The van der Waals surface area contributed by atoms with Crippen molar-refractivity contribution >= 4 is 23.6 Å². The molecule has 1 aliphatic carbocycles. The number of imide groups is 1. The zero-order chi connectivity index (χ0) is 28.8. The van der Waals surface area contributed by atoms with Gasteiger partial charge in [0, 0.05) is 37.5 Å². The van der Waals surface area contributed by atoms with E-state index in [1.54, 1.807) is 42.5 Å². The smallest absolute Gasteiger partial charge is 0.261 e. The van der Waals surface area contributed by atoms with Gasteiger partial charge >= 0.3 is 0 Å². The van der Waals surface area contributed by atoms with Crippen molar-refractivity contribution in [1.82, 2.24) is 15.1 Å². The largest absolute Gasteiger partial charge is 0.352 e. The van der Waals surface area contributed by atoms with Crippen LogP contribution < -0.4 is 5.32 Å². The molecule has 1 fully saturated rings. The van der Waals surface area contributed by atoms with Crippen molar-refractivity contribution in [3.8, 4) is 0 Å². The Bertz CT molecular complexity index is 1390. The summed E-state index contributed by atoms with van der Waals surface area (Å²) in [4.78, 5) is 55.7. The highest BCUT2D eigenvalue weighted by Gasteiger charge is 2.36. The third-order valence-electron chi connectivity index (χ3n) is 7.92. The summed E-state index contributed by atoms with van der Waals surface area (Å²) in [5, 5.41) is 3.13. The highest BCUT2D eigenvalue weighted by molar-refractivity contribution is 6.21. The Morgan fingerprint density at radius 1 is 0.878 bits per heavy atom. The van der Waals surface area contributed by atoms with Crippen LogP contribution in [0.2, 0.25) is 0 Å². The Balaban J connectivity index is 1.36. The number of rotatable bonds is 11. The maximum atomic E-state index is 14.8. The van der Waals surface area contributed by atoms with E-state index in [0.717, 1.165) is 36.1 Å². The number of carbonyl (C=O) groups excluding carboxylic acids is 4. The third-order valence-corrected chi connectivity index (χ3v) is 7.92. The normalized spacial score (nSPS) is 15.6. The summed E-state index contributed by atoms with van der Waals surface area (Å²) < 4.78 is 14.8. The Morgan fingerprint density at radius 3 is 2.15 bits per heavy atom. The molecule has 8 heteroatoms. The molecule has 0 aromatic heterocycles. The van der Waals surface area contributed by atoms with Gasteiger partial charge in [0.1, 0.15) is 11.9 Å². The maximum absolute atomic E-state index is 14.8. The summed E-state index contributed by atoms with van der Waals surface area (Å²) in [6, 6.07) is 21.6. The highest BCUT2D eigenvalue weighted by atomic mass is 19.1. The minimum atomic E-state index is -0.857. The molecule has 0 spiro atoms. The number of hydrogen-bond donors (Lipinski definition) is 1. The molecule has 1 atom stereocenters. The number of benzene rings is 3. The summed E-state index contributed by atoms with van der Waals surface area (Å²) in [6.45, 7) is -0.00262. The number of nitrogens with one attached hydrogen (secondary N) is 1. The van der Waals surface area contributed by atoms with E-state index in [4.69, 9.17) is 0 Å². The summed E-state index contributed by atoms with van der Waals surface area (Å²) in [5.41, 5.74) is 1.91. The van der Waals surface area contributed by atoms with Crippen molar-refractivity contribution in [2.24, 2.45) is 0 Å². The van der Waals surface area contributed by atoms with Crippen LogP contribution in [-0.4, -0.2) is 52.1 Å². The second kappa shape index (κ2) is 12.9. The molecule has 0 unspecified atom stereocenters. The number of fused-ring (bicyclic) bond motifs is 1. The fourth-order valence-corrected chi connectivity index (χ4v) is 5.71. The summed E-state index contributed by atoms with van der Waals surface area (Å²) >= 11 is 0. The zero-order valence-electron chi connectivity index (χ0n) is 22.9. The average Bonchev–Trinajstić information content (AvgIpc) is 3.58. The number of hydrogen-bond acceptors (Lipinski definition) is 4. The maximum Gasteiger partial charge on any atom is 0.261 e. The third kappa shape index (κ3) is 6.53. The first-order chi connectivity index (χ1) is 19.9. The first kappa shape index (κ1) is 28.2. The van der Waals surface area contributed by atoms with E-state index in [1.807, 2.05) is 30.3 Å². The van der Waals surface area contributed by atoms with Crippen molar-refractivity contribution in [3.63, 3.8) is 0 Å². The summed E-state index contributed by atoms with van der Waals surface area (Å²) in [5.74, 6) is -1.80. The molecule has 3 aromatic carbocycles. The lowest BCUT2D eigenvalue weighted by molar-refractivity contribution is -0.141. The quantitative estimate of drug-likeness (QED) is 0.341. The summed E-state index contributed by atoms with van der Waals surface area (Å²) in [7, 11) is 0. The molecular weight excluding hydrogens is 521 g/mol. The van der Waals surface area contributed by atoms with E-state index in [-0.39, 0.29) is 62.0 Å². The molecule has 3 aromatic rings. The van der Waals surface area contributed by atoms with Gasteiger partial charge in [-0.05, 0) is 43.0 Å². The molecule has 5 rings (SSSR count). The van der Waals surface area contributed by atoms with E-state index in [0.29, 0.717) is 16.7 Å². The van der Waals surface area contributed by atoms with Gasteiger partial charge in [0.25, 0.3) is 11.8 Å². The first-order valence-electron chi connectivity index (χ1n) is 14.2. The van der Waals surface area contributed by atoms with Crippen LogP contribution >= 0.6 is 0 Å². The average molecular weight is 556 g/mol. The van der Waals surface area contributed by atoms with Crippen LogP contribution in [0.5, 0.6) is 0 Å². The van der Waals surface area contributed by atoms with Gasteiger partial charge in [0.05, 0.1) is 11.1 Å². The number of halogens is 1. The fraction of sp³-hybridized carbons (Fsp3) is 0.333. The molecule has 2 aliphatic rings. The van der Waals surface area contributed by atoms with Gasteiger partial charge in [-0.2, -0.15) is 0 Å². The second-order valence-electron chi connectivity index (χ2n) is 10.7. The lowest BCUT2D eigenvalue weighted by Gasteiger charge is -2.32. The molecule has 1 heterocycles. The van der Waals surface area contributed by atoms with Crippen molar-refractivity contribution in [1.29, 1.82) is 0 Å². The van der Waals surface area contributed by atoms with Crippen LogP contribution in [0.4, 0.5) is 4.39 Å². The lowest BCUT2D eigenvalue weighted by atomic mass is 10.0. The van der Waals surface area contributed by atoms with E-state index in [9.17, 15) is 23.6 Å². The van der Waals surface area contributed by atoms with Gasteiger partial charge in [0.15, 0.2) is 0 Å². The predicted molar refractivity (Wildman–Crippen MR) is 152 cm³/mol. The molecule has 0 saturated heterocycles. The monoisotopic (exact) mass is 555 g/mol. The number of carbonyl (C=O) groups is 4. The van der Waals surface area contributed by atoms with Gasteiger partial charge < -0.3 is 10.2 Å². The van der Waals surface area contributed by atoms with E-state index in [2.05, 4.69) is 5.32 Å². The predicted octanol–water partition coefficient (Wildman–Crippen LogP) is 4.90. The Morgan fingerprint density at radius 2 is 1.49 bits per heavy atom. The fourth-order valence-electron chi connectivity index (χ4n) is 5.71. The number of amides is 4. The van der Waals surface area contributed by atoms with Crippen molar-refractivity contribution < 1.29 is 23.6 Å².